The Morgan fingerprint density at radius 2 is 1.88 bits per heavy atom. The van der Waals surface area contributed by atoms with Crippen LogP contribution in [-0.4, -0.2) is 24.9 Å². The van der Waals surface area contributed by atoms with Crippen LogP contribution in [0.2, 0.25) is 0 Å². The molecule has 0 spiro atoms. The normalized spacial score (nSPS) is 14.8. The summed E-state index contributed by atoms with van der Waals surface area (Å²) in [7, 11) is 0. The van der Waals surface area contributed by atoms with Crippen molar-refractivity contribution in [3.8, 4) is 0 Å². The number of hydrogen-bond acceptors (Lipinski definition) is 2. The molecule has 0 radical (unpaired) electrons. The third kappa shape index (κ3) is 10.8. The lowest BCUT2D eigenvalue weighted by Gasteiger charge is -2.21. The van der Waals surface area contributed by atoms with E-state index in [2.05, 4.69) is 33.8 Å². The Hall–Kier alpha value is -0.0500. The molecule has 17 heavy (non-hydrogen) atoms. The van der Waals surface area contributed by atoms with Gasteiger partial charge in [-0.1, -0.05) is 25.5 Å². The maximum Gasteiger partial charge on any atom is 0.155 e. The Kier molecular flexibility index (Phi) is 9.90. The monoisotopic (exact) mass is 262 g/mol. The minimum Gasteiger partial charge on any atom is -0.353 e. The van der Waals surface area contributed by atoms with E-state index >= 15 is 0 Å². The molecular formula is C14H27ClO2. The molecule has 2 unspecified atom stereocenters. The molecule has 0 aromatic rings. The van der Waals surface area contributed by atoms with Gasteiger partial charge in [0, 0.05) is 5.88 Å². The highest BCUT2D eigenvalue weighted by Gasteiger charge is 2.12. The first-order chi connectivity index (χ1) is 7.95. The molecule has 0 aromatic heterocycles. The van der Waals surface area contributed by atoms with Gasteiger partial charge in [-0.25, -0.2) is 0 Å². The molecule has 0 aliphatic carbocycles. The van der Waals surface area contributed by atoms with Gasteiger partial charge < -0.3 is 9.47 Å². The second-order valence-electron chi connectivity index (χ2n) is 5.07. The van der Waals surface area contributed by atoms with Gasteiger partial charge in [0.2, 0.25) is 0 Å². The molecule has 0 rings (SSSR count). The zero-order chi connectivity index (χ0) is 13.3. The van der Waals surface area contributed by atoms with Crippen LogP contribution in [0.1, 0.15) is 47.5 Å². The van der Waals surface area contributed by atoms with Gasteiger partial charge >= 0.3 is 0 Å². The first kappa shape index (κ1) is 16.9. The predicted molar refractivity (Wildman–Crippen MR) is 74.5 cm³/mol. The molecule has 102 valence electrons. The molecular weight excluding hydrogens is 236 g/mol. The van der Waals surface area contributed by atoms with Crippen molar-refractivity contribution in [1.29, 1.82) is 0 Å². The standard InChI is InChI=1S/C14H27ClO2/c1-11(2)7-6-8-14(9-15)17-13(5)16-10-12(3)4/h7,12-14H,6,8-10H2,1-5H3. The first-order valence-corrected chi connectivity index (χ1v) is 6.95. The topological polar surface area (TPSA) is 18.5 Å². The maximum absolute atomic E-state index is 5.89. The molecule has 0 aromatic carbocycles. The summed E-state index contributed by atoms with van der Waals surface area (Å²) in [5.74, 6) is 1.05. The molecule has 0 saturated heterocycles. The smallest absolute Gasteiger partial charge is 0.155 e. The van der Waals surface area contributed by atoms with Crippen molar-refractivity contribution in [2.24, 2.45) is 5.92 Å². The summed E-state index contributed by atoms with van der Waals surface area (Å²) in [5.41, 5.74) is 1.34. The number of halogens is 1. The van der Waals surface area contributed by atoms with Crippen LogP contribution in [0.4, 0.5) is 0 Å². The third-order valence-corrected chi connectivity index (χ3v) is 2.61. The number of ether oxygens (including phenoxy) is 2. The van der Waals surface area contributed by atoms with Crippen LogP contribution >= 0.6 is 11.6 Å². The fourth-order valence-corrected chi connectivity index (χ4v) is 1.60. The molecule has 0 amide bonds. The van der Waals surface area contributed by atoms with Crippen molar-refractivity contribution in [3.05, 3.63) is 11.6 Å². The van der Waals surface area contributed by atoms with Crippen molar-refractivity contribution >= 4 is 11.6 Å². The van der Waals surface area contributed by atoms with E-state index in [-0.39, 0.29) is 12.4 Å². The average Bonchev–Trinajstić information content (AvgIpc) is 2.24. The lowest BCUT2D eigenvalue weighted by Crippen LogP contribution is -2.24. The molecule has 0 fully saturated rings. The molecule has 2 atom stereocenters. The second kappa shape index (κ2) is 9.93. The molecule has 2 nitrogen and oxygen atoms in total. The fourth-order valence-electron chi connectivity index (χ4n) is 1.38. The minimum atomic E-state index is -0.173. The van der Waals surface area contributed by atoms with E-state index in [0.717, 1.165) is 19.4 Å². The van der Waals surface area contributed by atoms with Crippen LogP contribution in [0, 0.1) is 5.92 Å². The zero-order valence-electron chi connectivity index (χ0n) is 11.8. The van der Waals surface area contributed by atoms with Crippen molar-refractivity contribution in [3.63, 3.8) is 0 Å². The van der Waals surface area contributed by atoms with Crippen molar-refractivity contribution in [2.75, 3.05) is 12.5 Å². The summed E-state index contributed by atoms with van der Waals surface area (Å²) in [4.78, 5) is 0. The number of hydrogen-bond donors (Lipinski definition) is 0. The van der Waals surface area contributed by atoms with Crippen LogP contribution in [0.3, 0.4) is 0 Å². The Bertz CT molecular complexity index is 210. The van der Waals surface area contributed by atoms with Crippen LogP contribution in [0.15, 0.2) is 11.6 Å². The minimum absolute atomic E-state index is 0.0782. The lowest BCUT2D eigenvalue weighted by molar-refractivity contribution is -0.160. The third-order valence-electron chi connectivity index (χ3n) is 2.26. The van der Waals surface area contributed by atoms with Crippen LogP contribution < -0.4 is 0 Å². The SMILES string of the molecule is CC(C)=CCCC(CCl)OC(C)OCC(C)C. The second-order valence-corrected chi connectivity index (χ2v) is 5.37. The molecule has 0 heterocycles. The summed E-state index contributed by atoms with van der Waals surface area (Å²) >= 11 is 5.89. The summed E-state index contributed by atoms with van der Waals surface area (Å²) < 4.78 is 11.3. The van der Waals surface area contributed by atoms with E-state index in [1.54, 1.807) is 0 Å². The van der Waals surface area contributed by atoms with E-state index in [4.69, 9.17) is 21.1 Å². The van der Waals surface area contributed by atoms with Gasteiger partial charge in [0.1, 0.15) is 0 Å². The molecule has 0 saturated carbocycles. The lowest BCUT2D eigenvalue weighted by atomic mass is 10.2. The highest BCUT2D eigenvalue weighted by atomic mass is 35.5. The maximum atomic E-state index is 5.89. The largest absolute Gasteiger partial charge is 0.353 e. The van der Waals surface area contributed by atoms with Crippen molar-refractivity contribution < 1.29 is 9.47 Å². The molecule has 3 heteroatoms. The van der Waals surface area contributed by atoms with Gasteiger partial charge in [-0.15, -0.1) is 11.6 Å². The molecule has 0 aliphatic rings. The number of rotatable bonds is 9. The quantitative estimate of drug-likeness (QED) is 0.349. The van der Waals surface area contributed by atoms with Gasteiger partial charge in [0.25, 0.3) is 0 Å². The van der Waals surface area contributed by atoms with E-state index in [1.165, 1.54) is 5.57 Å². The Balaban J connectivity index is 3.83. The Morgan fingerprint density at radius 3 is 2.35 bits per heavy atom. The van der Waals surface area contributed by atoms with Gasteiger partial charge in [0.05, 0.1) is 12.7 Å². The van der Waals surface area contributed by atoms with E-state index in [9.17, 15) is 0 Å². The van der Waals surface area contributed by atoms with Gasteiger partial charge in [-0.2, -0.15) is 0 Å². The van der Waals surface area contributed by atoms with E-state index in [0.29, 0.717) is 11.8 Å². The van der Waals surface area contributed by atoms with Crippen LogP contribution in [-0.2, 0) is 9.47 Å². The summed E-state index contributed by atoms with van der Waals surface area (Å²) in [6.45, 7) is 11.1. The van der Waals surface area contributed by atoms with Crippen molar-refractivity contribution in [1.82, 2.24) is 0 Å². The summed E-state index contributed by atoms with van der Waals surface area (Å²) in [6.07, 6.45) is 4.07. The zero-order valence-corrected chi connectivity index (χ0v) is 12.6. The summed E-state index contributed by atoms with van der Waals surface area (Å²) in [5, 5.41) is 0. The fraction of sp³-hybridized carbons (Fsp3) is 0.857. The van der Waals surface area contributed by atoms with Gasteiger partial charge in [-0.05, 0) is 39.5 Å². The average molecular weight is 263 g/mol. The van der Waals surface area contributed by atoms with E-state index < -0.39 is 0 Å². The number of allylic oxidation sites excluding steroid dienone is 2. The van der Waals surface area contributed by atoms with Crippen LogP contribution in [0.25, 0.3) is 0 Å². The molecule has 0 N–H and O–H groups in total. The first-order valence-electron chi connectivity index (χ1n) is 6.42. The molecule has 0 bridgehead atoms. The van der Waals surface area contributed by atoms with E-state index in [1.807, 2.05) is 6.92 Å². The molecule has 0 aliphatic heterocycles. The Morgan fingerprint density at radius 1 is 1.24 bits per heavy atom. The van der Waals surface area contributed by atoms with Crippen molar-refractivity contribution in [2.45, 2.75) is 59.9 Å². The summed E-state index contributed by atoms with van der Waals surface area (Å²) in [6, 6.07) is 0. The van der Waals surface area contributed by atoms with Gasteiger partial charge in [0.15, 0.2) is 6.29 Å². The van der Waals surface area contributed by atoms with Gasteiger partial charge in [-0.3, -0.25) is 0 Å². The highest BCUT2D eigenvalue weighted by Crippen LogP contribution is 2.11. The predicted octanol–water partition coefficient (Wildman–Crippen LogP) is 4.38. The Labute approximate surface area is 111 Å². The highest BCUT2D eigenvalue weighted by molar-refractivity contribution is 6.18. The van der Waals surface area contributed by atoms with Crippen LogP contribution in [0.5, 0.6) is 0 Å². The number of alkyl halides is 1.